The Morgan fingerprint density at radius 1 is 1.19 bits per heavy atom. The number of carbonyl (C=O) groups excluding carboxylic acids is 1. The number of amides is 1. The van der Waals surface area contributed by atoms with Crippen molar-refractivity contribution in [2.24, 2.45) is 5.92 Å². The number of piperazine rings is 1. The van der Waals surface area contributed by atoms with Crippen LogP contribution in [0.1, 0.15) is 12.8 Å². The van der Waals surface area contributed by atoms with Crippen molar-refractivity contribution in [2.75, 3.05) is 30.8 Å². The van der Waals surface area contributed by atoms with Crippen LogP contribution < -0.4 is 0 Å². The van der Waals surface area contributed by atoms with E-state index < -0.39 is 10.0 Å². The number of nitrogens with zero attached hydrogens (tertiary/aromatic N) is 2. The van der Waals surface area contributed by atoms with Crippen molar-refractivity contribution in [1.29, 1.82) is 0 Å². The molecule has 0 N–H and O–H groups in total. The van der Waals surface area contributed by atoms with E-state index in [0.717, 1.165) is 12.8 Å². The topological polar surface area (TPSA) is 57.7 Å². The van der Waals surface area contributed by atoms with Crippen molar-refractivity contribution < 1.29 is 13.2 Å². The molecule has 2 fully saturated rings. The molecule has 0 bridgehead atoms. The number of alkyl halides is 1. The van der Waals surface area contributed by atoms with Crippen LogP contribution in [-0.2, 0) is 14.8 Å². The van der Waals surface area contributed by atoms with Crippen molar-refractivity contribution >= 4 is 31.9 Å². The first kappa shape index (κ1) is 12.3. The van der Waals surface area contributed by atoms with Gasteiger partial charge in [0.05, 0.1) is 0 Å². The summed E-state index contributed by atoms with van der Waals surface area (Å²) in [6.45, 7) is 1.90. The lowest BCUT2D eigenvalue weighted by atomic mass is 10.3. The van der Waals surface area contributed by atoms with E-state index in [9.17, 15) is 13.2 Å². The monoisotopic (exact) mass is 310 g/mol. The van der Waals surface area contributed by atoms with Crippen LogP contribution in [0.2, 0.25) is 0 Å². The molecule has 5 nitrogen and oxygen atoms in total. The first-order valence-corrected chi connectivity index (χ1v) is 8.10. The SMILES string of the molecule is O=C(C1CC1)N1CCN(S(=O)(=O)CBr)CC1. The van der Waals surface area contributed by atoms with Gasteiger partial charge in [0.15, 0.2) is 0 Å². The van der Waals surface area contributed by atoms with Gasteiger partial charge in [0, 0.05) is 32.1 Å². The van der Waals surface area contributed by atoms with E-state index >= 15 is 0 Å². The van der Waals surface area contributed by atoms with Crippen molar-refractivity contribution in [1.82, 2.24) is 9.21 Å². The minimum atomic E-state index is -3.16. The number of carbonyl (C=O) groups is 1. The molecule has 0 atom stereocenters. The molecule has 0 aromatic rings. The van der Waals surface area contributed by atoms with E-state index in [1.54, 1.807) is 4.90 Å². The zero-order valence-electron chi connectivity index (χ0n) is 8.93. The fourth-order valence-electron chi connectivity index (χ4n) is 1.84. The molecule has 0 unspecified atom stereocenters. The van der Waals surface area contributed by atoms with Crippen LogP contribution in [0.5, 0.6) is 0 Å². The van der Waals surface area contributed by atoms with E-state index in [1.165, 1.54) is 4.31 Å². The fourth-order valence-corrected chi connectivity index (χ4v) is 3.57. The Morgan fingerprint density at radius 2 is 1.75 bits per heavy atom. The van der Waals surface area contributed by atoms with E-state index in [-0.39, 0.29) is 16.5 Å². The maximum atomic E-state index is 11.7. The van der Waals surface area contributed by atoms with Crippen molar-refractivity contribution in [3.63, 3.8) is 0 Å². The molecule has 1 aliphatic heterocycles. The second-order valence-corrected chi connectivity index (χ2v) is 7.49. The minimum Gasteiger partial charge on any atom is -0.340 e. The van der Waals surface area contributed by atoms with Crippen molar-refractivity contribution in [3.05, 3.63) is 0 Å². The maximum absolute atomic E-state index is 11.7. The number of halogens is 1. The number of hydrogen-bond donors (Lipinski definition) is 0. The van der Waals surface area contributed by atoms with E-state index in [2.05, 4.69) is 15.9 Å². The molecular formula is C9H15BrN2O3S. The molecule has 1 saturated heterocycles. The zero-order chi connectivity index (χ0) is 11.8. The van der Waals surface area contributed by atoms with Crippen LogP contribution >= 0.6 is 15.9 Å². The molecule has 1 amide bonds. The van der Waals surface area contributed by atoms with Gasteiger partial charge in [-0.15, -0.1) is 0 Å². The Balaban J connectivity index is 1.89. The molecular weight excluding hydrogens is 296 g/mol. The van der Waals surface area contributed by atoms with Crippen LogP contribution in [0.25, 0.3) is 0 Å². The molecule has 1 aliphatic carbocycles. The Labute approximate surface area is 104 Å². The van der Waals surface area contributed by atoms with Crippen LogP contribution in [-0.4, -0.2) is 54.4 Å². The Morgan fingerprint density at radius 3 is 2.19 bits per heavy atom. The van der Waals surface area contributed by atoms with Gasteiger partial charge in [-0.1, -0.05) is 15.9 Å². The van der Waals surface area contributed by atoms with Gasteiger partial charge < -0.3 is 4.90 Å². The smallest absolute Gasteiger partial charge is 0.225 e. The third kappa shape index (κ3) is 2.57. The molecule has 16 heavy (non-hydrogen) atoms. The lowest BCUT2D eigenvalue weighted by molar-refractivity contribution is -0.133. The second kappa shape index (κ2) is 4.62. The summed E-state index contributed by atoms with van der Waals surface area (Å²) in [5.41, 5.74) is 0. The Kier molecular flexibility index (Phi) is 3.56. The molecule has 1 saturated carbocycles. The Hall–Kier alpha value is -0.140. The maximum Gasteiger partial charge on any atom is 0.225 e. The first-order chi connectivity index (χ1) is 7.54. The highest BCUT2D eigenvalue weighted by Crippen LogP contribution is 2.31. The van der Waals surface area contributed by atoms with Crippen LogP contribution in [0.4, 0.5) is 0 Å². The van der Waals surface area contributed by atoms with E-state index in [1.807, 2.05) is 0 Å². The highest BCUT2D eigenvalue weighted by Gasteiger charge is 2.36. The summed E-state index contributed by atoms with van der Waals surface area (Å²) in [5.74, 6) is 0.426. The second-order valence-electron chi connectivity index (χ2n) is 4.22. The van der Waals surface area contributed by atoms with Gasteiger partial charge >= 0.3 is 0 Å². The molecule has 2 rings (SSSR count). The summed E-state index contributed by atoms with van der Waals surface area (Å²) in [7, 11) is -3.16. The molecule has 2 aliphatic rings. The van der Waals surface area contributed by atoms with Crippen molar-refractivity contribution in [3.8, 4) is 0 Å². The predicted molar refractivity (Wildman–Crippen MR) is 63.6 cm³/mol. The third-order valence-corrected chi connectivity index (χ3v) is 6.17. The normalized spacial score (nSPS) is 23.4. The minimum absolute atomic E-state index is 0.0451. The van der Waals surface area contributed by atoms with E-state index in [4.69, 9.17) is 0 Å². The van der Waals surface area contributed by atoms with Gasteiger partial charge in [0.25, 0.3) is 0 Å². The van der Waals surface area contributed by atoms with Gasteiger partial charge in [-0.05, 0) is 12.8 Å². The summed E-state index contributed by atoms with van der Waals surface area (Å²) in [5, 5.41) is 0. The van der Waals surface area contributed by atoms with Crippen LogP contribution in [0.15, 0.2) is 0 Å². The van der Waals surface area contributed by atoms with Crippen LogP contribution in [0, 0.1) is 5.92 Å². The van der Waals surface area contributed by atoms with E-state index in [0.29, 0.717) is 26.2 Å². The number of rotatable bonds is 3. The molecule has 0 radical (unpaired) electrons. The molecule has 92 valence electrons. The standard InChI is InChI=1S/C9H15BrN2O3S/c10-7-16(14,15)12-5-3-11(4-6-12)9(13)8-1-2-8/h8H,1-7H2. The summed E-state index contributed by atoms with van der Waals surface area (Å²) in [4.78, 5) is 13.5. The van der Waals surface area contributed by atoms with Crippen LogP contribution in [0.3, 0.4) is 0 Å². The van der Waals surface area contributed by atoms with Gasteiger partial charge in [0.1, 0.15) is 4.66 Å². The summed E-state index contributed by atoms with van der Waals surface area (Å²) < 4.78 is 24.5. The average Bonchev–Trinajstić information content (AvgIpc) is 3.12. The summed E-state index contributed by atoms with van der Waals surface area (Å²) >= 11 is 2.97. The highest BCUT2D eigenvalue weighted by atomic mass is 79.9. The lowest BCUT2D eigenvalue weighted by Crippen LogP contribution is -2.51. The summed E-state index contributed by atoms with van der Waals surface area (Å²) in [6.07, 6.45) is 2.00. The molecule has 0 aromatic heterocycles. The van der Waals surface area contributed by atoms with Gasteiger partial charge in [-0.25, -0.2) is 8.42 Å². The summed E-state index contributed by atoms with van der Waals surface area (Å²) in [6, 6.07) is 0. The largest absolute Gasteiger partial charge is 0.340 e. The van der Waals surface area contributed by atoms with Gasteiger partial charge in [-0.2, -0.15) is 4.31 Å². The lowest BCUT2D eigenvalue weighted by Gasteiger charge is -2.33. The molecule has 1 heterocycles. The number of sulfonamides is 1. The Bertz CT molecular complexity index is 372. The average molecular weight is 311 g/mol. The quantitative estimate of drug-likeness (QED) is 0.701. The zero-order valence-corrected chi connectivity index (χ0v) is 11.3. The highest BCUT2D eigenvalue weighted by molar-refractivity contribution is 9.10. The predicted octanol–water partition coefficient (Wildman–Crippen LogP) is 0.223. The first-order valence-electron chi connectivity index (χ1n) is 5.37. The number of hydrogen-bond acceptors (Lipinski definition) is 3. The fraction of sp³-hybridized carbons (Fsp3) is 0.889. The third-order valence-electron chi connectivity index (χ3n) is 3.01. The van der Waals surface area contributed by atoms with Crippen molar-refractivity contribution in [2.45, 2.75) is 12.8 Å². The molecule has 0 aromatic carbocycles. The molecule has 0 spiro atoms. The molecule has 7 heteroatoms. The van der Waals surface area contributed by atoms with Gasteiger partial charge in [0.2, 0.25) is 15.9 Å². The van der Waals surface area contributed by atoms with Gasteiger partial charge in [-0.3, -0.25) is 4.79 Å².